The summed E-state index contributed by atoms with van der Waals surface area (Å²) in [4.78, 5) is 12.4. The van der Waals surface area contributed by atoms with Crippen LogP contribution in [0.25, 0.3) is 0 Å². The number of quaternary nitrogens is 1. The molecule has 1 rings (SSSR count). The summed E-state index contributed by atoms with van der Waals surface area (Å²) in [5.74, 6) is 0.835. The third-order valence-electron chi connectivity index (χ3n) is 3.92. The average Bonchev–Trinajstić information content (AvgIpc) is 2.53. The molecule has 3 nitrogen and oxygen atoms in total. The average molecular weight is 340 g/mol. The van der Waals surface area contributed by atoms with Gasteiger partial charge in [0.15, 0.2) is 5.78 Å². The predicted molar refractivity (Wildman–Crippen MR) is 92.2 cm³/mol. The van der Waals surface area contributed by atoms with Gasteiger partial charge in [-0.1, -0.05) is 20.8 Å². The number of carbonyl (C=O) groups excluding carboxylic acids is 1. The first-order valence-corrected chi connectivity index (χ1v) is 8.34. The molecule has 0 heterocycles. The number of ether oxygens (including phenoxy) is 1. The van der Waals surface area contributed by atoms with Crippen molar-refractivity contribution in [3.63, 3.8) is 0 Å². The lowest BCUT2D eigenvalue weighted by molar-refractivity contribution is -0.879. The quantitative estimate of drug-likeness (QED) is 0.366. The molecule has 0 N–H and O–H groups in total. The lowest BCUT2D eigenvalue weighted by Crippen LogP contribution is -3.00. The number of hydrogen-bond acceptors (Lipinski definition) is 2. The van der Waals surface area contributed by atoms with E-state index in [0.717, 1.165) is 49.1 Å². The number of hydrogen-bond donors (Lipinski definition) is 0. The summed E-state index contributed by atoms with van der Waals surface area (Å²) in [5.41, 5.74) is 0.708. The Morgan fingerprint density at radius 3 is 1.87 bits per heavy atom. The molecule has 0 saturated heterocycles. The molecule has 0 spiro atoms. The molecule has 0 aliphatic carbocycles. The van der Waals surface area contributed by atoms with Crippen LogP contribution in [0.15, 0.2) is 36.5 Å². The van der Waals surface area contributed by atoms with Crippen LogP contribution in [0.2, 0.25) is 0 Å². The first-order chi connectivity index (χ1) is 10.6. The Hall–Kier alpha value is -1.32. The molecule has 130 valence electrons. The van der Waals surface area contributed by atoms with Gasteiger partial charge < -0.3 is 17.1 Å². The minimum Gasteiger partial charge on any atom is -1.00 e. The highest BCUT2D eigenvalue weighted by atomic mass is 35.5. The second kappa shape index (κ2) is 11.3. The molecule has 0 atom stereocenters. The topological polar surface area (TPSA) is 26.3 Å². The molecule has 0 amide bonds. The van der Waals surface area contributed by atoms with Crippen molar-refractivity contribution in [2.24, 2.45) is 0 Å². The SMILES string of the molecule is CCC[N+](C=CC(=O)c1ccc(OC)cc1)(CCC)CCC.[Cl-]. The van der Waals surface area contributed by atoms with Gasteiger partial charge in [0, 0.05) is 11.6 Å². The van der Waals surface area contributed by atoms with E-state index in [4.69, 9.17) is 4.74 Å². The molecule has 0 radical (unpaired) electrons. The summed E-state index contributed by atoms with van der Waals surface area (Å²) < 4.78 is 6.03. The molecule has 0 unspecified atom stereocenters. The summed E-state index contributed by atoms with van der Waals surface area (Å²) in [6.07, 6.45) is 7.25. The van der Waals surface area contributed by atoms with Crippen LogP contribution in [0, 0.1) is 0 Å². The predicted octanol–water partition coefficient (Wildman–Crippen LogP) is 1.44. The van der Waals surface area contributed by atoms with E-state index in [2.05, 4.69) is 27.0 Å². The van der Waals surface area contributed by atoms with E-state index in [-0.39, 0.29) is 18.2 Å². The van der Waals surface area contributed by atoms with E-state index in [1.165, 1.54) is 0 Å². The maximum absolute atomic E-state index is 12.4. The first kappa shape index (κ1) is 21.7. The molecule has 0 fully saturated rings. The van der Waals surface area contributed by atoms with E-state index in [9.17, 15) is 4.79 Å². The molecule has 0 aliphatic heterocycles. The van der Waals surface area contributed by atoms with E-state index in [1.54, 1.807) is 13.2 Å². The van der Waals surface area contributed by atoms with Crippen molar-refractivity contribution in [3.05, 3.63) is 42.1 Å². The number of halogens is 1. The van der Waals surface area contributed by atoms with Crippen molar-refractivity contribution in [2.45, 2.75) is 40.0 Å². The van der Waals surface area contributed by atoms with Crippen LogP contribution in [0.3, 0.4) is 0 Å². The van der Waals surface area contributed by atoms with Crippen molar-refractivity contribution < 1.29 is 26.4 Å². The zero-order valence-corrected chi connectivity index (χ0v) is 15.6. The minimum absolute atomic E-state index is 0. The molecular weight excluding hydrogens is 310 g/mol. The van der Waals surface area contributed by atoms with E-state index in [1.807, 2.05) is 24.3 Å². The Bertz CT molecular complexity index is 466. The van der Waals surface area contributed by atoms with Gasteiger partial charge in [-0.2, -0.15) is 0 Å². The zero-order chi connectivity index (χ0) is 16.4. The highest BCUT2D eigenvalue weighted by Crippen LogP contribution is 2.15. The first-order valence-electron chi connectivity index (χ1n) is 8.34. The van der Waals surface area contributed by atoms with Crippen LogP contribution in [0.5, 0.6) is 5.75 Å². The number of methoxy groups -OCH3 is 1. The molecule has 0 aliphatic rings. The third-order valence-corrected chi connectivity index (χ3v) is 3.92. The fraction of sp³-hybridized carbons (Fsp3) is 0.526. The van der Waals surface area contributed by atoms with Crippen LogP contribution < -0.4 is 17.1 Å². The molecule has 1 aromatic rings. The second-order valence-corrected chi connectivity index (χ2v) is 5.80. The molecular formula is C19H30ClNO2. The summed E-state index contributed by atoms with van der Waals surface area (Å²) in [6.45, 7) is 9.89. The maximum Gasteiger partial charge on any atom is 0.191 e. The van der Waals surface area contributed by atoms with Crippen LogP contribution in [0.1, 0.15) is 50.4 Å². The van der Waals surface area contributed by atoms with Gasteiger partial charge >= 0.3 is 0 Å². The Morgan fingerprint density at radius 1 is 1.00 bits per heavy atom. The van der Waals surface area contributed by atoms with Crippen molar-refractivity contribution in [1.82, 2.24) is 0 Å². The highest BCUT2D eigenvalue weighted by molar-refractivity contribution is 6.04. The molecule has 0 aromatic heterocycles. The standard InChI is InChI=1S/C19H30NO2.ClH/c1-5-13-20(14-6-2,15-7-3)16-12-19(21)17-8-10-18(22-4)11-9-17;/h8-12,16H,5-7,13-15H2,1-4H3;1H/q+1;/p-1. The van der Waals surface area contributed by atoms with E-state index >= 15 is 0 Å². The number of carbonyl (C=O) groups is 1. The number of ketones is 1. The Morgan fingerprint density at radius 2 is 1.48 bits per heavy atom. The van der Waals surface area contributed by atoms with Crippen molar-refractivity contribution in [1.29, 1.82) is 0 Å². The monoisotopic (exact) mass is 339 g/mol. The Balaban J connectivity index is 0.00000484. The van der Waals surface area contributed by atoms with Crippen LogP contribution in [0.4, 0.5) is 0 Å². The smallest absolute Gasteiger partial charge is 0.191 e. The maximum atomic E-state index is 12.4. The summed E-state index contributed by atoms with van der Waals surface area (Å²) >= 11 is 0. The summed E-state index contributed by atoms with van der Waals surface area (Å²) in [6, 6.07) is 7.29. The lowest BCUT2D eigenvalue weighted by Gasteiger charge is -2.34. The van der Waals surface area contributed by atoms with Gasteiger partial charge in [0.2, 0.25) is 0 Å². The summed E-state index contributed by atoms with van der Waals surface area (Å²) in [5, 5.41) is 0. The lowest BCUT2D eigenvalue weighted by atomic mass is 10.1. The van der Waals surface area contributed by atoms with Crippen molar-refractivity contribution in [2.75, 3.05) is 26.7 Å². The van der Waals surface area contributed by atoms with Crippen molar-refractivity contribution >= 4 is 5.78 Å². The van der Waals surface area contributed by atoms with Gasteiger partial charge in [0.05, 0.1) is 32.9 Å². The normalized spacial score (nSPS) is 11.3. The van der Waals surface area contributed by atoms with E-state index < -0.39 is 0 Å². The van der Waals surface area contributed by atoms with Gasteiger partial charge in [-0.05, 0) is 43.5 Å². The van der Waals surface area contributed by atoms with Gasteiger partial charge in [0.1, 0.15) is 5.75 Å². The summed E-state index contributed by atoms with van der Waals surface area (Å²) in [7, 11) is 1.63. The van der Waals surface area contributed by atoms with Gasteiger partial charge in [-0.25, -0.2) is 0 Å². The second-order valence-electron chi connectivity index (χ2n) is 5.80. The Kier molecular flexibility index (Phi) is 10.6. The fourth-order valence-electron chi connectivity index (χ4n) is 2.97. The van der Waals surface area contributed by atoms with Crippen LogP contribution in [-0.2, 0) is 0 Å². The van der Waals surface area contributed by atoms with E-state index in [0.29, 0.717) is 5.56 Å². The number of rotatable bonds is 10. The van der Waals surface area contributed by atoms with Gasteiger partial charge in [0.25, 0.3) is 0 Å². The molecule has 0 bridgehead atoms. The Labute approximate surface area is 147 Å². The number of allylic oxidation sites excluding steroid dienone is 1. The van der Waals surface area contributed by atoms with Gasteiger partial charge in [-0.3, -0.25) is 9.28 Å². The largest absolute Gasteiger partial charge is 1.00 e. The molecule has 0 saturated carbocycles. The molecule has 4 heteroatoms. The zero-order valence-electron chi connectivity index (χ0n) is 14.8. The third kappa shape index (κ3) is 6.76. The molecule has 1 aromatic carbocycles. The fourth-order valence-corrected chi connectivity index (χ4v) is 2.97. The van der Waals surface area contributed by atoms with Gasteiger partial charge in [-0.15, -0.1) is 0 Å². The highest BCUT2D eigenvalue weighted by Gasteiger charge is 2.22. The molecule has 23 heavy (non-hydrogen) atoms. The van der Waals surface area contributed by atoms with Crippen LogP contribution in [-0.4, -0.2) is 37.0 Å². The number of nitrogens with zero attached hydrogens (tertiary/aromatic N) is 1. The number of benzene rings is 1. The minimum atomic E-state index is 0. The van der Waals surface area contributed by atoms with Crippen molar-refractivity contribution in [3.8, 4) is 5.75 Å². The van der Waals surface area contributed by atoms with Crippen LogP contribution >= 0.6 is 0 Å².